The molecule has 0 amide bonds. The van der Waals surface area contributed by atoms with Crippen molar-refractivity contribution in [2.24, 2.45) is 29.1 Å². The molecule has 3 rings (SSSR count). The molecule has 2 N–H and O–H groups in total. The van der Waals surface area contributed by atoms with Gasteiger partial charge in [-0.05, 0) is 63.0 Å². The van der Waals surface area contributed by atoms with Crippen LogP contribution < -0.4 is 0 Å². The second-order valence-electron chi connectivity index (χ2n) is 11.3. The second-order valence-corrected chi connectivity index (χ2v) is 12.3. The van der Waals surface area contributed by atoms with Crippen LogP contribution in [0.3, 0.4) is 0 Å². The van der Waals surface area contributed by atoms with Crippen molar-refractivity contribution in [3.05, 3.63) is 33.3 Å². The van der Waals surface area contributed by atoms with Crippen LogP contribution in [0.2, 0.25) is 0 Å². The molecule has 0 unspecified atom stereocenters. The normalized spacial score (nSPS) is 36.7. The van der Waals surface area contributed by atoms with E-state index in [0.29, 0.717) is 18.3 Å². The van der Waals surface area contributed by atoms with Crippen LogP contribution in [0.25, 0.3) is 6.08 Å². The van der Waals surface area contributed by atoms with E-state index in [0.717, 1.165) is 29.1 Å². The molecule has 7 heteroatoms. The maximum Gasteiger partial charge on any atom is 0.309 e. The number of thiazole rings is 1. The highest BCUT2D eigenvalue weighted by Gasteiger charge is 2.47. The van der Waals surface area contributed by atoms with Crippen molar-refractivity contribution >= 4 is 29.2 Å². The summed E-state index contributed by atoms with van der Waals surface area (Å²) < 4.78 is 5.84. The van der Waals surface area contributed by atoms with Crippen LogP contribution in [-0.2, 0) is 14.3 Å². The maximum absolute atomic E-state index is 13.3. The summed E-state index contributed by atoms with van der Waals surface area (Å²) in [4.78, 5) is 30.7. The van der Waals surface area contributed by atoms with Gasteiger partial charge < -0.3 is 14.9 Å². The first-order valence-electron chi connectivity index (χ1n) is 12.7. The number of ether oxygens (including phenoxy) is 1. The van der Waals surface area contributed by atoms with Crippen LogP contribution >= 0.6 is 11.3 Å². The summed E-state index contributed by atoms with van der Waals surface area (Å²) in [5, 5.41) is 24.8. The molecule has 1 saturated carbocycles. The number of hydrogen-bond donors (Lipinski definition) is 2. The van der Waals surface area contributed by atoms with Gasteiger partial charge in [0.25, 0.3) is 0 Å². The third-order valence-corrected chi connectivity index (χ3v) is 8.80. The highest BCUT2D eigenvalue weighted by Crippen LogP contribution is 2.50. The first kappa shape index (κ1) is 27.8. The van der Waals surface area contributed by atoms with Crippen molar-refractivity contribution in [2.75, 3.05) is 0 Å². The van der Waals surface area contributed by atoms with E-state index in [1.54, 1.807) is 32.1 Å². The number of cyclic esters (lactones) is 1. The lowest BCUT2D eigenvalue weighted by molar-refractivity contribution is -0.154. The van der Waals surface area contributed by atoms with E-state index in [2.05, 4.69) is 18.0 Å². The van der Waals surface area contributed by atoms with Crippen molar-refractivity contribution < 1.29 is 24.5 Å². The number of rotatable bonds is 2. The molecule has 7 atom stereocenters. The smallest absolute Gasteiger partial charge is 0.309 e. The van der Waals surface area contributed by atoms with E-state index < -0.39 is 35.6 Å². The topological polar surface area (TPSA) is 96.7 Å². The fraction of sp³-hybridized carbons (Fsp3) is 0.679. The average Bonchev–Trinajstić information content (AvgIpc) is 3.43. The minimum atomic E-state index is -1.21. The molecule has 1 aromatic heterocycles. The fourth-order valence-corrected chi connectivity index (χ4v) is 5.86. The lowest BCUT2D eigenvalue weighted by Gasteiger charge is -2.34. The Labute approximate surface area is 213 Å². The molecule has 35 heavy (non-hydrogen) atoms. The number of esters is 1. The number of fused-ring (bicyclic) bond motifs is 1. The summed E-state index contributed by atoms with van der Waals surface area (Å²) in [6, 6.07) is 0. The predicted molar refractivity (Wildman–Crippen MR) is 139 cm³/mol. The van der Waals surface area contributed by atoms with E-state index in [9.17, 15) is 19.8 Å². The van der Waals surface area contributed by atoms with Crippen LogP contribution in [0, 0.1) is 36.0 Å². The number of ketones is 1. The molecule has 1 aliphatic carbocycles. The zero-order chi connectivity index (χ0) is 26.1. The number of aromatic nitrogens is 1. The van der Waals surface area contributed by atoms with Crippen LogP contribution in [0.5, 0.6) is 0 Å². The second kappa shape index (κ2) is 11.1. The van der Waals surface area contributed by atoms with Gasteiger partial charge in [-0.15, -0.1) is 11.3 Å². The van der Waals surface area contributed by atoms with Gasteiger partial charge in [-0.3, -0.25) is 9.59 Å². The van der Waals surface area contributed by atoms with Gasteiger partial charge >= 0.3 is 5.97 Å². The largest absolute Gasteiger partial charge is 0.457 e. The number of carbonyl (C=O) groups excluding carboxylic acids is 2. The highest BCUT2D eigenvalue weighted by atomic mass is 32.1. The number of allylic oxidation sites excluding steroid dienone is 1. The molecule has 0 spiro atoms. The number of aliphatic hydroxyl groups is 2. The van der Waals surface area contributed by atoms with Gasteiger partial charge in [-0.25, -0.2) is 4.98 Å². The van der Waals surface area contributed by atoms with Crippen LogP contribution in [0.1, 0.15) is 77.9 Å². The maximum atomic E-state index is 13.3. The Balaban J connectivity index is 1.89. The fourth-order valence-electron chi connectivity index (χ4n) is 5.29. The molecule has 1 aliphatic heterocycles. The monoisotopic (exact) mass is 503 g/mol. The zero-order valence-corrected chi connectivity index (χ0v) is 22.9. The Kier molecular flexibility index (Phi) is 8.77. The van der Waals surface area contributed by atoms with E-state index in [1.165, 1.54) is 5.57 Å². The third-order valence-electron chi connectivity index (χ3n) is 8.00. The number of carbonyl (C=O) groups is 2. The van der Waals surface area contributed by atoms with Crippen LogP contribution in [-0.4, -0.2) is 45.3 Å². The lowest BCUT2D eigenvalue weighted by Crippen LogP contribution is -2.46. The first-order valence-corrected chi connectivity index (χ1v) is 13.5. The minimum Gasteiger partial charge on any atom is -0.457 e. The molecular formula is C28H41NO5S. The van der Waals surface area contributed by atoms with Gasteiger partial charge in [0.15, 0.2) is 0 Å². The number of hydrogen-bond acceptors (Lipinski definition) is 7. The SMILES string of the molecule is C/C1=C/C[C@@H](/C(C)=C/c2csc(C)n2)OC(=O)C[C@H](O)C(C)(C)C(=O)[C@H](C)[C@@H](O)[C@@H](C)[C@H]2C[C@@H]2C1. The van der Waals surface area contributed by atoms with E-state index in [-0.39, 0.29) is 18.1 Å². The molecule has 194 valence electrons. The summed E-state index contributed by atoms with van der Waals surface area (Å²) in [6.07, 6.45) is 3.83. The zero-order valence-electron chi connectivity index (χ0n) is 22.1. The predicted octanol–water partition coefficient (Wildman–Crippen LogP) is 5.12. The van der Waals surface area contributed by atoms with Crippen molar-refractivity contribution in [1.82, 2.24) is 4.98 Å². The summed E-state index contributed by atoms with van der Waals surface area (Å²) >= 11 is 1.57. The number of aryl methyl sites for hydroxylation is 1. The van der Waals surface area contributed by atoms with Gasteiger partial charge in [-0.1, -0.05) is 39.3 Å². The summed E-state index contributed by atoms with van der Waals surface area (Å²) in [5.74, 6) is -0.544. The molecular weight excluding hydrogens is 462 g/mol. The molecule has 0 bridgehead atoms. The van der Waals surface area contributed by atoms with Gasteiger partial charge in [-0.2, -0.15) is 0 Å². The van der Waals surface area contributed by atoms with E-state index in [1.807, 2.05) is 32.2 Å². The van der Waals surface area contributed by atoms with Crippen molar-refractivity contribution in [2.45, 2.75) is 92.5 Å². The molecule has 0 aromatic carbocycles. The molecule has 2 aliphatic rings. The Hall–Kier alpha value is -1.83. The van der Waals surface area contributed by atoms with E-state index in [4.69, 9.17) is 4.74 Å². The number of aliphatic hydroxyl groups excluding tert-OH is 2. The third kappa shape index (κ3) is 6.69. The molecule has 1 aromatic rings. The standard InChI is InChI=1S/C28H41NO5S/c1-15-8-9-23(16(2)11-21-14-35-19(5)29-21)34-25(31)13-24(30)28(6,7)27(33)18(4)26(32)17(3)22-12-20(22)10-15/h8,11,14,17-18,20,22-24,26,30,32H,9-10,12-13H2,1-7H3/b15-8-,16-11+/t17-,18+,20-,22+,23-,24-,26-/m0/s1. The van der Waals surface area contributed by atoms with Gasteiger partial charge in [0.1, 0.15) is 11.9 Å². The average molecular weight is 504 g/mol. The first-order chi connectivity index (χ1) is 16.3. The van der Waals surface area contributed by atoms with Gasteiger partial charge in [0.2, 0.25) is 0 Å². The lowest BCUT2D eigenvalue weighted by atomic mass is 9.72. The summed E-state index contributed by atoms with van der Waals surface area (Å²) in [6.45, 7) is 13.0. The molecule has 0 saturated heterocycles. The molecule has 2 heterocycles. The molecule has 1 fully saturated rings. The van der Waals surface area contributed by atoms with Gasteiger partial charge in [0, 0.05) is 17.7 Å². The van der Waals surface area contributed by atoms with E-state index >= 15 is 0 Å². The van der Waals surface area contributed by atoms with Crippen molar-refractivity contribution in [3.8, 4) is 0 Å². The minimum absolute atomic E-state index is 0.00272. The van der Waals surface area contributed by atoms with Gasteiger partial charge in [0.05, 0.1) is 34.7 Å². The highest BCUT2D eigenvalue weighted by molar-refractivity contribution is 7.09. The number of nitrogens with zero attached hydrogens (tertiary/aromatic N) is 1. The molecule has 0 radical (unpaired) electrons. The van der Waals surface area contributed by atoms with Crippen LogP contribution in [0.15, 0.2) is 22.6 Å². The Morgan fingerprint density at radius 2 is 1.89 bits per heavy atom. The van der Waals surface area contributed by atoms with Crippen LogP contribution in [0.4, 0.5) is 0 Å². The van der Waals surface area contributed by atoms with Crippen molar-refractivity contribution in [1.29, 1.82) is 0 Å². The summed E-state index contributed by atoms with van der Waals surface area (Å²) in [7, 11) is 0. The Morgan fingerprint density at radius 3 is 2.51 bits per heavy atom. The Morgan fingerprint density at radius 1 is 1.20 bits per heavy atom. The summed E-state index contributed by atoms with van der Waals surface area (Å²) in [5.41, 5.74) is 1.76. The molecule has 6 nitrogen and oxygen atoms in total. The van der Waals surface area contributed by atoms with Crippen molar-refractivity contribution in [3.63, 3.8) is 0 Å². The quantitative estimate of drug-likeness (QED) is 0.429. The Bertz CT molecular complexity index is 993. The number of Topliss-reactive ketones (excluding diaryl/α,β-unsaturated/α-hetero) is 1.